The summed E-state index contributed by atoms with van der Waals surface area (Å²) in [5.74, 6) is 0. The van der Waals surface area contributed by atoms with Crippen LogP contribution < -0.4 is 5.15 Å². The third-order valence-electron chi connectivity index (χ3n) is 0.217. The molecule has 1 N–H and O–H groups in total. The van der Waals surface area contributed by atoms with Gasteiger partial charge < -0.3 is 4.84 Å². The van der Waals surface area contributed by atoms with Gasteiger partial charge in [0.25, 0.3) is 0 Å². The van der Waals surface area contributed by atoms with Crippen LogP contribution in [0.3, 0.4) is 0 Å². The van der Waals surface area contributed by atoms with Crippen molar-refractivity contribution in [2.45, 2.75) is 6.92 Å². The summed E-state index contributed by atoms with van der Waals surface area (Å²) in [6.07, 6.45) is 0. The molecule has 0 aliphatic carbocycles. The van der Waals surface area contributed by atoms with E-state index in [-0.39, 0.29) is 0 Å². The highest BCUT2D eigenvalue weighted by Gasteiger charge is 1.62. The van der Waals surface area contributed by atoms with Crippen LogP contribution in [-0.4, -0.2) is 17.0 Å². The molecule has 0 unspecified atom stereocenters. The fourth-order valence-electron chi connectivity index (χ4n) is 0.0722. The standard InChI is InChI=1S/C2H6NOSi/c1-2-4-3-5/h3H,2H2,1H3. The summed E-state index contributed by atoms with van der Waals surface area (Å²) in [5.41, 5.74) is 0. The minimum atomic E-state index is 0.684. The van der Waals surface area contributed by atoms with Gasteiger partial charge in [-0.15, -0.1) is 0 Å². The Kier molecular flexibility index (Phi) is 4.25. The third-order valence-corrected chi connectivity index (χ3v) is 0.361. The first-order valence-corrected chi connectivity index (χ1v) is 1.95. The minimum absolute atomic E-state index is 0.684. The van der Waals surface area contributed by atoms with Crippen molar-refractivity contribution in [2.75, 3.05) is 6.61 Å². The van der Waals surface area contributed by atoms with Gasteiger partial charge in [-0.05, 0) is 6.92 Å². The molecule has 0 aliphatic rings. The van der Waals surface area contributed by atoms with E-state index < -0.39 is 0 Å². The predicted octanol–water partition coefficient (Wildman–Crippen LogP) is -0.389. The fraction of sp³-hybridized carbons (Fsp3) is 1.00. The van der Waals surface area contributed by atoms with Gasteiger partial charge in [0.1, 0.15) is 0 Å². The van der Waals surface area contributed by atoms with Gasteiger partial charge >= 0.3 is 0 Å². The Morgan fingerprint density at radius 3 is 2.60 bits per heavy atom. The van der Waals surface area contributed by atoms with Gasteiger partial charge in [-0.1, -0.05) is 0 Å². The van der Waals surface area contributed by atoms with Crippen LogP contribution in [0.1, 0.15) is 6.92 Å². The van der Waals surface area contributed by atoms with Gasteiger partial charge in [0.15, 0.2) is 10.4 Å². The second kappa shape index (κ2) is 4.14. The monoisotopic (exact) mass is 88.0 g/mol. The van der Waals surface area contributed by atoms with Crippen LogP contribution >= 0.6 is 0 Å². The van der Waals surface area contributed by atoms with Crippen molar-refractivity contribution in [1.29, 1.82) is 0 Å². The molecule has 0 amide bonds. The summed E-state index contributed by atoms with van der Waals surface area (Å²) >= 11 is 0. The maximum absolute atomic E-state index is 4.50. The highest BCUT2D eigenvalue weighted by Crippen LogP contribution is 1.52. The maximum atomic E-state index is 4.50. The molecule has 2 nitrogen and oxygen atoms in total. The Balaban J connectivity index is 2.19. The van der Waals surface area contributed by atoms with Crippen molar-refractivity contribution >= 4 is 10.4 Å². The van der Waals surface area contributed by atoms with Gasteiger partial charge in [0, 0.05) is 0 Å². The largest absolute Gasteiger partial charge is 0.310 e. The molecule has 0 atom stereocenters. The first kappa shape index (κ1) is 5.14. The summed E-state index contributed by atoms with van der Waals surface area (Å²) in [7, 11) is 2.88. The van der Waals surface area contributed by atoms with Crippen LogP contribution in [0.4, 0.5) is 0 Å². The zero-order valence-electron chi connectivity index (χ0n) is 3.12. The summed E-state index contributed by atoms with van der Waals surface area (Å²) < 4.78 is 0. The van der Waals surface area contributed by atoms with Crippen molar-refractivity contribution in [2.24, 2.45) is 0 Å². The van der Waals surface area contributed by atoms with Gasteiger partial charge in [-0.25, -0.2) is 5.15 Å². The van der Waals surface area contributed by atoms with Crippen molar-refractivity contribution in [1.82, 2.24) is 5.15 Å². The lowest BCUT2D eigenvalue weighted by Gasteiger charge is -1.88. The molecule has 3 heteroatoms. The van der Waals surface area contributed by atoms with Gasteiger partial charge in [-0.2, -0.15) is 0 Å². The molecule has 0 bridgehead atoms. The summed E-state index contributed by atoms with van der Waals surface area (Å²) in [4.78, 5) is 4.50. The van der Waals surface area contributed by atoms with E-state index in [0.29, 0.717) is 6.61 Å². The second-order valence-electron chi connectivity index (χ2n) is 0.535. The van der Waals surface area contributed by atoms with Crippen LogP contribution in [0.2, 0.25) is 0 Å². The lowest BCUT2D eigenvalue weighted by atomic mass is 10.9. The highest BCUT2D eigenvalue weighted by molar-refractivity contribution is 6.03. The van der Waals surface area contributed by atoms with E-state index in [1.807, 2.05) is 6.92 Å². The molecule has 0 aromatic carbocycles. The first-order chi connectivity index (χ1) is 2.41. The van der Waals surface area contributed by atoms with Crippen LogP contribution in [-0.2, 0) is 4.84 Å². The fourth-order valence-corrected chi connectivity index (χ4v) is 0.217. The summed E-state index contributed by atoms with van der Waals surface area (Å²) in [6.45, 7) is 2.58. The summed E-state index contributed by atoms with van der Waals surface area (Å²) in [6, 6.07) is 0. The molecule has 0 saturated heterocycles. The van der Waals surface area contributed by atoms with Crippen molar-refractivity contribution < 1.29 is 4.84 Å². The Labute approximate surface area is 35.0 Å². The molecule has 0 aliphatic heterocycles. The van der Waals surface area contributed by atoms with E-state index in [1.165, 1.54) is 0 Å². The summed E-state index contributed by atoms with van der Waals surface area (Å²) in [5, 5.41) is 2.32. The Hall–Kier alpha value is 0.137. The topological polar surface area (TPSA) is 21.3 Å². The number of rotatable bonds is 2. The minimum Gasteiger partial charge on any atom is -0.310 e. The number of nitrogens with one attached hydrogen (secondary N) is 1. The zero-order chi connectivity index (χ0) is 4.12. The SMILES string of the molecule is CCON[Si]. The van der Waals surface area contributed by atoms with Crippen molar-refractivity contribution in [3.05, 3.63) is 0 Å². The van der Waals surface area contributed by atoms with E-state index in [4.69, 9.17) is 0 Å². The molecular weight excluding hydrogens is 82.1 g/mol. The average molecular weight is 88.2 g/mol. The highest BCUT2D eigenvalue weighted by atomic mass is 28.2. The van der Waals surface area contributed by atoms with E-state index in [1.54, 1.807) is 0 Å². The van der Waals surface area contributed by atoms with Crippen molar-refractivity contribution in [3.63, 3.8) is 0 Å². The Morgan fingerprint density at radius 2 is 2.60 bits per heavy atom. The maximum Gasteiger partial charge on any atom is 0.179 e. The first-order valence-electron chi connectivity index (χ1n) is 1.45. The van der Waals surface area contributed by atoms with Gasteiger partial charge in [0.05, 0.1) is 6.61 Å². The molecular formula is C2H6NOSi. The lowest BCUT2D eigenvalue weighted by Crippen LogP contribution is -2.07. The number of hydrogen-bond donors (Lipinski definition) is 1. The van der Waals surface area contributed by atoms with Crippen LogP contribution in [0.25, 0.3) is 0 Å². The predicted molar refractivity (Wildman–Crippen MR) is 20.5 cm³/mol. The number of hydrogen-bond acceptors (Lipinski definition) is 2. The van der Waals surface area contributed by atoms with Gasteiger partial charge in [0.2, 0.25) is 0 Å². The molecule has 3 radical (unpaired) electrons. The molecule has 0 fully saturated rings. The second-order valence-corrected chi connectivity index (χ2v) is 0.739. The smallest absolute Gasteiger partial charge is 0.179 e. The van der Waals surface area contributed by atoms with E-state index in [2.05, 4.69) is 20.4 Å². The molecule has 5 heavy (non-hydrogen) atoms. The quantitative estimate of drug-likeness (QED) is 0.367. The Bertz CT molecular complexity index is 17.1. The van der Waals surface area contributed by atoms with E-state index in [0.717, 1.165) is 0 Å². The third kappa shape index (κ3) is 4.14. The molecule has 0 spiro atoms. The molecule has 0 aromatic heterocycles. The normalized spacial score (nSPS) is 8.40. The van der Waals surface area contributed by atoms with E-state index in [9.17, 15) is 0 Å². The molecule has 0 rings (SSSR count). The molecule has 0 heterocycles. The zero-order valence-corrected chi connectivity index (χ0v) is 4.12. The van der Waals surface area contributed by atoms with Crippen LogP contribution in [0, 0.1) is 0 Å². The van der Waals surface area contributed by atoms with Crippen LogP contribution in [0.5, 0.6) is 0 Å². The molecule has 0 saturated carbocycles. The van der Waals surface area contributed by atoms with Crippen molar-refractivity contribution in [3.8, 4) is 0 Å². The van der Waals surface area contributed by atoms with Crippen LogP contribution in [0.15, 0.2) is 0 Å². The average Bonchev–Trinajstić information content (AvgIpc) is 1.41. The van der Waals surface area contributed by atoms with Gasteiger partial charge in [-0.3, -0.25) is 0 Å². The Morgan fingerprint density at radius 1 is 2.00 bits per heavy atom. The molecule has 0 aromatic rings. The molecule has 29 valence electrons. The van der Waals surface area contributed by atoms with E-state index >= 15 is 0 Å². The lowest BCUT2D eigenvalue weighted by molar-refractivity contribution is 0.107.